The molecule has 39 heavy (non-hydrogen) atoms. The second kappa shape index (κ2) is 11.3. The molecule has 206 valence electrons. The number of piperidine rings is 1. The van der Waals surface area contributed by atoms with Crippen LogP contribution in [0.1, 0.15) is 51.1 Å². The van der Waals surface area contributed by atoms with Crippen LogP contribution in [0.3, 0.4) is 0 Å². The third-order valence-electron chi connectivity index (χ3n) is 7.22. The Morgan fingerprint density at radius 1 is 0.949 bits per heavy atom. The number of hydrogen-bond donors (Lipinski definition) is 0. The highest BCUT2D eigenvalue weighted by atomic mass is 35.5. The van der Waals surface area contributed by atoms with E-state index < -0.39 is 0 Å². The van der Waals surface area contributed by atoms with Gasteiger partial charge in [0, 0.05) is 37.6 Å². The van der Waals surface area contributed by atoms with E-state index in [0.29, 0.717) is 72.9 Å². The van der Waals surface area contributed by atoms with Crippen molar-refractivity contribution in [1.29, 1.82) is 0 Å². The Kier molecular flexibility index (Phi) is 7.79. The zero-order chi connectivity index (χ0) is 27.7. The predicted molar refractivity (Wildman–Crippen MR) is 155 cm³/mol. The van der Waals surface area contributed by atoms with Gasteiger partial charge in [0.1, 0.15) is 5.82 Å². The van der Waals surface area contributed by atoms with Crippen LogP contribution in [0, 0.1) is 6.92 Å². The first-order valence-corrected chi connectivity index (χ1v) is 13.9. The molecule has 1 aliphatic rings. The molecule has 10 heteroatoms. The highest BCUT2D eigenvalue weighted by Gasteiger charge is 2.27. The smallest absolute Gasteiger partial charge is 0.331 e. The lowest BCUT2D eigenvalue weighted by Gasteiger charge is -2.34. The Balaban J connectivity index is 1.48. The number of aromatic nitrogens is 4. The van der Waals surface area contributed by atoms with E-state index in [0.717, 1.165) is 23.8 Å². The van der Waals surface area contributed by atoms with Crippen molar-refractivity contribution in [1.82, 2.24) is 19.1 Å². The highest BCUT2D eigenvalue weighted by molar-refractivity contribution is 6.28. The Labute approximate surface area is 232 Å². The minimum absolute atomic E-state index is 0.151. The number of aryl methyl sites for hydroxylation is 2. The van der Waals surface area contributed by atoms with E-state index in [1.165, 1.54) is 4.57 Å². The number of hydrogen-bond acceptors (Lipinski definition) is 7. The molecule has 0 N–H and O–H groups in total. The lowest BCUT2D eigenvalue weighted by molar-refractivity contribution is 0.269. The first-order chi connectivity index (χ1) is 18.8. The third-order valence-corrected chi connectivity index (χ3v) is 7.39. The van der Waals surface area contributed by atoms with Gasteiger partial charge < -0.3 is 14.4 Å². The Bertz CT molecular complexity index is 1640. The zero-order valence-corrected chi connectivity index (χ0v) is 23.6. The third kappa shape index (κ3) is 5.20. The summed E-state index contributed by atoms with van der Waals surface area (Å²) >= 11 is 6.36. The van der Waals surface area contributed by atoms with Crippen molar-refractivity contribution in [3.8, 4) is 11.5 Å². The zero-order valence-electron chi connectivity index (χ0n) is 22.9. The van der Waals surface area contributed by atoms with Gasteiger partial charge in [-0.1, -0.05) is 25.5 Å². The maximum atomic E-state index is 13.4. The van der Waals surface area contributed by atoms with Gasteiger partial charge in [0.05, 0.1) is 29.6 Å². The fourth-order valence-electron chi connectivity index (χ4n) is 5.24. The first kappa shape index (κ1) is 27.0. The van der Waals surface area contributed by atoms with Gasteiger partial charge in [-0.2, -0.15) is 4.98 Å². The molecule has 1 aliphatic heterocycles. The van der Waals surface area contributed by atoms with E-state index in [4.69, 9.17) is 21.1 Å². The average molecular weight is 552 g/mol. The van der Waals surface area contributed by atoms with Crippen LogP contribution in [0.25, 0.3) is 21.8 Å². The predicted octanol–water partition coefficient (Wildman–Crippen LogP) is 5.02. The van der Waals surface area contributed by atoms with E-state index in [1.807, 2.05) is 37.3 Å². The van der Waals surface area contributed by atoms with Crippen molar-refractivity contribution in [3.05, 3.63) is 62.0 Å². The lowest BCUT2D eigenvalue weighted by Crippen LogP contribution is -2.45. The molecule has 0 atom stereocenters. The molecular weight excluding hydrogens is 518 g/mol. The standard InChI is InChI=1S/C29H34ClN5O4/c1-5-13-38-24-16-20-22(17-25(24)39-14-6-2)31-28(30)32-26(20)34-11-9-19(10-12-34)35-27(36)21-15-18(3)7-8-23(21)33(4)29(35)37/h7-8,15-17,19H,5-6,9-14H2,1-4H3. The highest BCUT2D eigenvalue weighted by Crippen LogP contribution is 2.37. The van der Waals surface area contributed by atoms with Crippen LogP contribution in [0.2, 0.25) is 5.28 Å². The SMILES string of the molecule is CCCOc1cc2nc(Cl)nc(N3CCC(n4c(=O)c5cc(C)ccc5n(C)c4=O)CC3)c2cc1OCCC. The fraction of sp³-hybridized carbons (Fsp3) is 0.448. The van der Waals surface area contributed by atoms with Crippen molar-refractivity contribution < 1.29 is 9.47 Å². The maximum absolute atomic E-state index is 13.4. The molecular formula is C29H34ClN5O4. The van der Waals surface area contributed by atoms with Crippen molar-refractivity contribution in [2.24, 2.45) is 7.05 Å². The second-order valence-electron chi connectivity index (χ2n) is 10.1. The van der Waals surface area contributed by atoms with E-state index in [2.05, 4.69) is 28.7 Å². The van der Waals surface area contributed by atoms with Gasteiger partial charge in [-0.05, 0) is 62.4 Å². The molecule has 0 aliphatic carbocycles. The summed E-state index contributed by atoms with van der Waals surface area (Å²) in [5, 5.41) is 1.54. The Hall–Kier alpha value is -3.59. The topological polar surface area (TPSA) is 91.5 Å². The number of benzene rings is 2. The van der Waals surface area contributed by atoms with Gasteiger partial charge in [0.2, 0.25) is 5.28 Å². The number of fused-ring (bicyclic) bond motifs is 2. The molecule has 1 fully saturated rings. The largest absolute Gasteiger partial charge is 0.490 e. The Morgan fingerprint density at radius 3 is 2.28 bits per heavy atom. The summed E-state index contributed by atoms with van der Waals surface area (Å²) in [6.45, 7) is 8.40. The molecule has 0 saturated carbocycles. The second-order valence-corrected chi connectivity index (χ2v) is 10.4. The Morgan fingerprint density at radius 2 is 1.62 bits per heavy atom. The molecule has 1 saturated heterocycles. The molecule has 9 nitrogen and oxygen atoms in total. The van der Waals surface area contributed by atoms with Crippen LogP contribution in [0.5, 0.6) is 11.5 Å². The van der Waals surface area contributed by atoms with Gasteiger partial charge >= 0.3 is 5.69 Å². The summed E-state index contributed by atoms with van der Waals surface area (Å²) in [4.78, 5) is 37.8. The monoisotopic (exact) mass is 551 g/mol. The van der Waals surface area contributed by atoms with Crippen molar-refractivity contribution in [2.75, 3.05) is 31.2 Å². The van der Waals surface area contributed by atoms with Gasteiger partial charge in [-0.25, -0.2) is 9.78 Å². The van der Waals surface area contributed by atoms with Crippen LogP contribution in [-0.4, -0.2) is 45.4 Å². The fourth-order valence-corrected chi connectivity index (χ4v) is 5.41. The molecule has 0 bridgehead atoms. The molecule has 3 heterocycles. The summed E-state index contributed by atoms with van der Waals surface area (Å²) in [6.07, 6.45) is 2.98. The molecule has 4 aromatic rings. The number of halogens is 1. The average Bonchev–Trinajstić information content (AvgIpc) is 2.93. The minimum Gasteiger partial charge on any atom is -0.490 e. The van der Waals surface area contributed by atoms with Crippen LogP contribution >= 0.6 is 11.6 Å². The van der Waals surface area contributed by atoms with Crippen LogP contribution in [0.15, 0.2) is 39.9 Å². The number of nitrogens with zero attached hydrogens (tertiary/aromatic N) is 5. The number of rotatable bonds is 8. The van der Waals surface area contributed by atoms with E-state index in [1.54, 1.807) is 11.6 Å². The molecule has 2 aromatic carbocycles. The van der Waals surface area contributed by atoms with Crippen LogP contribution < -0.4 is 25.6 Å². The molecule has 0 spiro atoms. The first-order valence-electron chi connectivity index (χ1n) is 13.6. The summed E-state index contributed by atoms with van der Waals surface area (Å²) in [6, 6.07) is 9.19. The summed E-state index contributed by atoms with van der Waals surface area (Å²) in [7, 11) is 1.72. The summed E-state index contributed by atoms with van der Waals surface area (Å²) in [5.41, 5.74) is 1.79. The molecule has 0 unspecified atom stereocenters. The van der Waals surface area contributed by atoms with E-state index in [-0.39, 0.29) is 22.6 Å². The van der Waals surface area contributed by atoms with Crippen LogP contribution in [-0.2, 0) is 7.05 Å². The number of anilines is 1. The summed E-state index contributed by atoms with van der Waals surface area (Å²) in [5.74, 6) is 2.00. The van der Waals surface area contributed by atoms with Gasteiger partial charge in [0.25, 0.3) is 5.56 Å². The van der Waals surface area contributed by atoms with Crippen molar-refractivity contribution in [2.45, 2.75) is 52.5 Å². The van der Waals surface area contributed by atoms with Gasteiger partial charge in [-0.15, -0.1) is 0 Å². The minimum atomic E-state index is -0.289. The maximum Gasteiger partial charge on any atom is 0.331 e. The van der Waals surface area contributed by atoms with Gasteiger partial charge in [-0.3, -0.25) is 13.9 Å². The van der Waals surface area contributed by atoms with Crippen molar-refractivity contribution >= 4 is 39.2 Å². The molecule has 2 aromatic heterocycles. The molecule has 5 rings (SSSR count). The lowest BCUT2D eigenvalue weighted by atomic mass is 10.0. The normalized spacial score (nSPS) is 14.3. The quantitative estimate of drug-likeness (QED) is 0.284. The van der Waals surface area contributed by atoms with E-state index in [9.17, 15) is 9.59 Å². The van der Waals surface area contributed by atoms with Crippen LogP contribution in [0.4, 0.5) is 5.82 Å². The van der Waals surface area contributed by atoms with Gasteiger partial charge in [0.15, 0.2) is 11.5 Å². The van der Waals surface area contributed by atoms with Crippen molar-refractivity contribution in [3.63, 3.8) is 0 Å². The molecule has 0 amide bonds. The van der Waals surface area contributed by atoms with E-state index >= 15 is 0 Å². The number of ether oxygens (including phenoxy) is 2. The summed E-state index contributed by atoms with van der Waals surface area (Å²) < 4.78 is 15.0. The molecule has 0 radical (unpaired) electrons.